The Hall–Kier alpha value is -0.570. The lowest BCUT2D eigenvalue weighted by Gasteiger charge is -2.27. The van der Waals surface area contributed by atoms with Gasteiger partial charge in [-0.1, -0.05) is 33.1 Å². The summed E-state index contributed by atoms with van der Waals surface area (Å²) in [7, 11) is 0. The zero-order valence-corrected chi connectivity index (χ0v) is 11.6. The molecule has 1 heterocycles. The zero-order valence-electron chi connectivity index (χ0n) is 11.6. The smallest absolute Gasteiger partial charge is 0.0963 e. The highest BCUT2D eigenvalue weighted by atomic mass is 15.1. The van der Waals surface area contributed by atoms with Gasteiger partial charge < -0.3 is 10.6 Å². The van der Waals surface area contributed by atoms with Gasteiger partial charge in [-0.15, -0.1) is 0 Å². The van der Waals surface area contributed by atoms with Crippen LogP contribution >= 0.6 is 0 Å². The van der Waals surface area contributed by atoms with E-state index in [1.807, 2.05) is 0 Å². The lowest BCUT2D eigenvalue weighted by atomic mass is 9.86. The van der Waals surface area contributed by atoms with Crippen LogP contribution in [-0.2, 0) is 0 Å². The summed E-state index contributed by atoms with van der Waals surface area (Å²) in [6.07, 6.45) is 9.12. The number of nitrogens with zero attached hydrogens (tertiary/aromatic N) is 1. The molecule has 100 valence electrons. The Morgan fingerprint density at radius 2 is 1.65 bits per heavy atom. The summed E-state index contributed by atoms with van der Waals surface area (Å²) >= 11 is 0. The highest BCUT2D eigenvalue weighted by molar-refractivity contribution is 5.82. The zero-order chi connectivity index (χ0) is 12.7. The first-order chi connectivity index (χ1) is 8.02. The molecule has 0 saturated carbocycles. The number of likely N-dealkylation sites (tertiary alicyclic amines) is 1. The van der Waals surface area contributed by atoms with E-state index >= 15 is 0 Å². The molecule has 0 aromatic rings. The number of nitrogens with two attached hydrogens (primary N) is 1. The molecule has 3 heteroatoms. The van der Waals surface area contributed by atoms with Crippen molar-refractivity contribution in [1.29, 1.82) is 5.41 Å². The molecule has 3 N–H and O–H groups in total. The van der Waals surface area contributed by atoms with Crippen LogP contribution < -0.4 is 5.73 Å². The van der Waals surface area contributed by atoms with Gasteiger partial charge in [0.1, 0.15) is 0 Å². The Morgan fingerprint density at radius 3 is 2.18 bits per heavy atom. The Kier molecular flexibility index (Phi) is 5.96. The largest absolute Gasteiger partial charge is 0.387 e. The van der Waals surface area contributed by atoms with Gasteiger partial charge in [0.05, 0.1) is 5.84 Å². The fraction of sp³-hybridized carbons (Fsp3) is 0.929. The Bertz CT molecular complexity index is 228. The van der Waals surface area contributed by atoms with E-state index in [9.17, 15) is 0 Å². The molecule has 1 aliphatic rings. The molecule has 0 aromatic carbocycles. The fourth-order valence-corrected chi connectivity index (χ4v) is 2.42. The second-order valence-corrected chi connectivity index (χ2v) is 6.01. The highest BCUT2D eigenvalue weighted by Crippen LogP contribution is 2.22. The second kappa shape index (κ2) is 7.00. The molecule has 1 rings (SSSR count). The van der Waals surface area contributed by atoms with Crippen molar-refractivity contribution in [1.82, 2.24) is 4.90 Å². The van der Waals surface area contributed by atoms with Gasteiger partial charge >= 0.3 is 0 Å². The van der Waals surface area contributed by atoms with Crippen molar-refractivity contribution in [3.05, 3.63) is 0 Å². The van der Waals surface area contributed by atoms with Crippen molar-refractivity contribution in [3.63, 3.8) is 0 Å². The van der Waals surface area contributed by atoms with Crippen molar-refractivity contribution in [2.24, 2.45) is 11.1 Å². The lowest BCUT2D eigenvalue weighted by Crippen LogP contribution is -2.33. The van der Waals surface area contributed by atoms with Gasteiger partial charge in [0.25, 0.3) is 0 Å². The SMILES string of the molecule is CC(C)(CCCN1CCCCCCC1)C(=N)N. The maximum absolute atomic E-state index is 7.55. The van der Waals surface area contributed by atoms with Gasteiger partial charge in [0.2, 0.25) is 0 Å². The van der Waals surface area contributed by atoms with Gasteiger partial charge in [0.15, 0.2) is 0 Å². The quantitative estimate of drug-likeness (QED) is 0.572. The average molecular weight is 239 g/mol. The monoisotopic (exact) mass is 239 g/mol. The van der Waals surface area contributed by atoms with Crippen LogP contribution in [0.4, 0.5) is 0 Å². The highest BCUT2D eigenvalue weighted by Gasteiger charge is 2.21. The molecule has 0 radical (unpaired) electrons. The van der Waals surface area contributed by atoms with E-state index in [1.54, 1.807) is 0 Å². The first-order valence-electron chi connectivity index (χ1n) is 7.09. The molecule has 1 saturated heterocycles. The van der Waals surface area contributed by atoms with Crippen LogP contribution in [0.3, 0.4) is 0 Å². The first-order valence-corrected chi connectivity index (χ1v) is 7.09. The Labute approximate surface area is 106 Å². The Balaban J connectivity index is 2.22. The van der Waals surface area contributed by atoms with Crippen LogP contribution in [0.5, 0.6) is 0 Å². The molecule has 0 spiro atoms. The van der Waals surface area contributed by atoms with Crippen LogP contribution in [-0.4, -0.2) is 30.4 Å². The van der Waals surface area contributed by atoms with Crippen LogP contribution in [0.2, 0.25) is 0 Å². The van der Waals surface area contributed by atoms with E-state index in [-0.39, 0.29) is 5.41 Å². The van der Waals surface area contributed by atoms with Gasteiger partial charge in [-0.05, 0) is 45.3 Å². The summed E-state index contributed by atoms with van der Waals surface area (Å²) in [4.78, 5) is 2.59. The topological polar surface area (TPSA) is 53.1 Å². The lowest BCUT2D eigenvalue weighted by molar-refractivity contribution is 0.235. The summed E-state index contributed by atoms with van der Waals surface area (Å²) in [5.41, 5.74) is 5.48. The molecular weight excluding hydrogens is 210 g/mol. The third kappa shape index (κ3) is 5.53. The van der Waals surface area contributed by atoms with E-state index in [0.29, 0.717) is 5.84 Å². The van der Waals surface area contributed by atoms with Gasteiger partial charge in [0, 0.05) is 5.41 Å². The van der Waals surface area contributed by atoms with Gasteiger partial charge in [-0.2, -0.15) is 0 Å². The van der Waals surface area contributed by atoms with Crippen LogP contribution in [0, 0.1) is 10.8 Å². The molecule has 17 heavy (non-hydrogen) atoms. The van der Waals surface area contributed by atoms with Crippen molar-refractivity contribution < 1.29 is 0 Å². The fourth-order valence-electron chi connectivity index (χ4n) is 2.42. The molecule has 0 aromatic heterocycles. The minimum Gasteiger partial charge on any atom is -0.387 e. The number of amidine groups is 1. The summed E-state index contributed by atoms with van der Waals surface area (Å²) in [5, 5.41) is 7.55. The van der Waals surface area contributed by atoms with Gasteiger partial charge in [-0.25, -0.2) is 0 Å². The van der Waals surface area contributed by atoms with Crippen molar-refractivity contribution in [2.75, 3.05) is 19.6 Å². The summed E-state index contributed by atoms with van der Waals surface area (Å²) in [6.45, 7) is 7.85. The standard InChI is InChI=1S/C14H29N3/c1-14(2,13(15)16)9-8-12-17-10-6-4-3-5-7-11-17/h3-12H2,1-2H3,(H3,15,16). The van der Waals surface area contributed by atoms with Gasteiger partial charge in [-0.3, -0.25) is 5.41 Å². The number of rotatable bonds is 5. The minimum absolute atomic E-state index is 0.122. The molecule has 0 unspecified atom stereocenters. The first kappa shape index (κ1) is 14.5. The van der Waals surface area contributed by atoms with E-state index < -0.39 is 0 Å². The summed E-state index contributed by atoms with van der Waals surface area (Å²) in [5.74, 6) is 0.324. The normalized spacial score (nSPS) is 19.6. The van der Waals surface area contributed by atoms with E-state index in [2.05, 4.69) is 18.7 Å². The Morgan fingerprint density at radius 1 is 1.12 bits per heavy atom. The maximum atomic E-state index is 7.55. The molecule has 0 atom stereocenters. The van der Waals surface area contributed by atoms with Crippen molar-refractivity contribution in [3.8, 4) is 0 Å². The number of hydrogen-bond acceptors (Lipinski definition) is 2. The average Bonchev–Trinajstić information content (AvgIpc) is 2.20. The van der Waals surface area contributed by atoms with Crippen LogP contribution in [0.25, 0.3) is 0 Å². The molecule has 1 aliphatic heterocycles. The van der Waals surface area contributed by atoms with E-state index in [4.69, 9.17) is 11.1 Å². The minimum atomic E-state index is -0.122. The molecular formula is C14H29N3. The van der Waals surface area contributed by atoms with Crippen molar-refractivity contribution in [2.45, 2.75) is 58.8 Å². The predicted octanol–water partition coefficient (Wildman–Crippen LogP) is 2.99. The molecule has 0 aliphatic carbocycles. The van der Waals surface area contributed by atoms with E-state index in [1.165, 1.54) is 51.7 Å². The van der Waals surface area contributed by atoms with Crippen LogP contribution in [0.1, 0.15) is 58.8 Å². The van der Waals surface area contributed by atoms with Crippen molar-refractivity contribution >= 4 is 5.84 Å². The molecule has 3 nitrogen and oxygen atoms in total. The molecule has 0 bridgehead atoms. The third-order valence-electron chi connectivity index (χ3n) is 3.95. The molecule has 1 fully saturated rings. The summed E-state index contributed by atoms with van der Waals surface area (Å²) in [6, 6.07) is 0. The number of hydrogen-bond donors (Lipinski definition) is 2. The maximum Gasteiger partial charge on any atom is 0.0963 e. The summed E-state index contributed by atoms with van der Waals surface area (Å²) < 4.78 is 0. The molecule has 0 amide bonds. The third-order valence-corrected chi connectivity index (χ3v) is 3.95. The van der Waals surface area contributed by atoms with Crippen LogP contribution in [0.15, 0.2) is 0 Å². The second-order valence-electron chi connectivity index (χ2n) is 6.01. The predicted molar refractivity (Wildman–Crippen MR) is 74.5 cm³/mol. The number of nitrogens with one attached hydrogen (secondary N) is 1. The van der Waals surface area contributed by atoms with E-state index in [0.717, 1.165) is 12.8 Å².